The number of thiophene rings is 1. The molecule has 0 saturated carbocycles. The molecule has 3 rings (SSSR count). The molecule has 7 nitrogen and oxygen atoms in total. The first-order valence-electron chi connectivity index (χ1n) is 9.92. The second-order valence-corrected chi connectivity index (χ2v) is 7.78. The lowest BCUT2D eigenvalue weighted by atomic mass is 10.2. The van der Waals surface area contributed by atoms with Crippen LogP contribution >= 0.6 is 11.3 Å². The number of hydrogen-bond acceptors (Lipinski definition) is 6. The van der Waals surface area contributed by atoms with E-state index in [4.69, 9.17) is 14.2 Å². The van der Waals surface area contributed by atoms with Crippen molar-refractivity contribution in [2.75, 3.05) is 34.9 Å². The molecular weight excluding hydrogens is 412 g/mol. The van der Waals surface area contributed by atoms with Gasteiger partial charge in [0.05, 0.1) is 14.2 Å². The number of aliphatic imine (C=N–C) groups is 1. The first kappa shape index (κ1) is 22.4. The molecule has 0 bridgehead atoms. The van der Waals surface area contributed by atoms with Gasteiger partial charge in [0.25, 0.3) is 0 Å². The van der Waals surface area contributed by atoms with Crippen molar-refractivity contribution in [2.24, 2.45) is 4.99 Å². The summed E-state index contributed by atoms with van der Waals surface area (Å²) in [6.07, 6.45) is 2.78. The van der Waals surface area contributed by atoms with E-state index in [9.17, 15) is 0 Å². The van der Waals surface area contributed by atoms with E-state index in [1.807, 2.05) is 37.4 Å². The molecule has 31 heavy (non-hydrogen) atoms. The van der Waals surface area contributed by atoms with Crippen LogP contribution in [0.5, 0.6) is 23.1 Å². The molecule has 2 aromatic heterocycles. The minimum Gasteiger partial charge on any atom is -0.493 e. The topological polar surface area (TPSA) is 68.2 Å². The van der Waals surface area contributed by atoms with Crippen LogP contribution in [-0.4, -0.2) is 50.7 Å². The molecule has 0 fully saturated rings. The van der Waals surface area contributed by atoms with E-state index in [0.29, 0.717) is 29.7 Å². The Kier molecular flexibility index (Phi) is 8.12. The molecular formula is C23H28N4O3S. The van der Waals surface area contributed by atoms with Gasteiger partial charge in [-0.15, -0.1) is 11.3 Å². The largest absolute Gasteiger partial charge is 0.493 e. The van der Waals surface area contributed by atoms with Gasteiger partial charge < -0.3 is 24.4 Å². The van der Waals surface area contributed by atoms with Gasteiger partial charge >= 0.3 is 0 Å². The van der Waals surface area contributed by atoms with E-state index in [-0.39, 0.29) is 0 Å². The minimum atomic E-state index is 0.462. The predicted molar refractivity (Wildman–Crippen MR) is 125 cm³/mol. The van der Waals surface area contributed by atoms with Crippen molar-refractivity contribution in [3.8, 4) is 23.1 Å². The molecule has 0 aliphatic heterocycles. The maximum atomic E-state index is 5.92. The van der Waals surface area contributed by atoms with E-state index in [0.717, 1.165) is 24.5 Å². The van der Waals surface area contributed by atoms with Gasteiger partial charge in [-0.2, -0.15) is 0 Å². The smallest absolute Gasteiger partial charge is 0.219 e. The molecule has 0 atom stereocenters. The molecule has 3 aromatic rings. The Labute approximate surface area is 187 Å². The zero-order valence-electron chi connectivity index (χ0n) is 18.3. The molecule has 1 aromatic carbocycles. The van der Waals surface area contributed by atoms with Crippen LogP contribution in [0.15, 0.2) is 59.0 Å². The van der Waals surface area contributed by atoms with E-state index < -0.39 is 0 Å². The van der Waals surface area contributed by atoms with Crippen LogP contribution in [0.1, 0.15) is 10.4 Å². The second kappa shape index (κ2) is 11.2. The standard InChI is InChI=1S/C23H28N4O3S/c1-24-23(27(2)13-12-18-7-6-14-31-18)26-16-17-10-11-21(25-15-17)30-22-19(28-3)8-5-9-20(22)29-4/h5-11,14-15H,12-13,16H2,1-4H3,(H,24,26). The molecule has 0 radical (unpaired) electrons. The molecule has 164 valence electrons. The van der Waals surface area contributed by atoms with Gasteiger partial charge in [0.2, 0.25) is 11.6 Å². The van der Waals surface area contributed by atoms with Crippen LogP contribution in [-0.2, 0) is 13.0 Å². The molecule has 0 unspecified atom stereocenters. The third-order valence-electron chi connectivity index (χ3n) is 4.68. The fraction of sp³-hybridized carbons (Fsp3) is 0.304. The molecule has 0 aliphatic rings. The highest BCUT2D eigenvalue weighted by atomic mass is 32.1. The Morgan fingerprint density at radius 3 is 2.45 bits per heavy atom. The summed E-state index contributed by atoms with van der Waals surface area (Å²) in [6, 6.07) is 13.5. The quantitative estimate of drug-likeness (QED) is 0.397. The fourth-order valence-corrected chi connectivity index (χ4v) is 3.70. The van der Waals surface area contributed by atoms with Gasteiger partial charge in [0.15, 0.2) is 17.5 Å². The summed E-state index contributed by atoms with van der Waals surface area (Å²) in [4.78, 5) is 12.3. The Hall–Kier alpha value is -3.26. The van der Waals surface area contributed by atoms with Crippen molar-refractivity contribution >= 4 is 17.3 Å². The lowest BCUT2D eigenvalue weighted by Gasteiger charge is -2.21. The molecule has 8 heteroatoms. The van der Waals surface area contributed by atoms with Gasteiger partial charge in [0.1, 0.15) is 0 Å². The Morgan fingerprint density at radius 1 is 1.10 bits per heavy atom. The van der Waals surface area contributed by atoms with Crippen LogP contribution < -0.4 is 19.5 Å². The second-order valence-electron chi connectivity index (χ2n) is 6.75. The number of guanidine groups is 1. The third-order valence-corrected chi connectivity index (χ3v) is 5.62. The molecule has 0 aliphatic carbocycles. The van der Waals surface area contributed by atoms with Crippen LogP contribution in [0.25, 0.3) is 0 Å². The molecule has 0 spiro atoms. The maximum Gasteiger partial charge on any atom is 0.219 e. The first-order valence-corrected chi connectivity index (χ1v) is 10.8. The SMILES string of the molecule is CN=C(NCc1ccc(Oc2c(OC)cccc2OC)nc1)N(C)CCc1cccs1. The average Bonchev–Trinajstić information content (AvgIpc) is 3.33. The van der Waals surface area contributed by atoms with E-state index in [2.05, 4.69) is 37.7 Å². The van der Waals surface area contributed by atoms with Crippen molar-refractivity contribution in [2.45, 2.75) is 13.0 Å². The number of likely N-dealkylation sites (N-methyl/N-ethyl adjacent to an activating group) is 1. The predicted octanol–water partition coefficient (Wildman–Crippen LogP) is 4.20. The van der Waals surface area contributed by atoms with Crippen LogP contribution in [0, 0.1) is 0 Å². The lowest BCUT2D eigenvalue weighted by molar-refractivity contribution is 0.342. The fourth-order valence-electron chi connectivity index (χ4n) is 3.00. The van der Waals surface area contributed by atoms with Crippen molar-refractivity contribution < 1.29 is 14.2 Å². The van der Waals surface area contributed by atoms with Crippen molar-refractivity contribution in [1.82, 2.24) is 15.2 Å². The monoisotopic (exact) mass is 440 g/mol. The molecule has 1 N–H and O–H groups in total. The summed E-state index contributed by atoms with van der Waals surface area (Å²) >= 11 is 1.78. The zero-order chi connectivity index (χ0) is 22.1. The summed E-state index contributed by atoms with van der Waals surface area (Å²) in [5, 5.41) is 5.48. The summed E-state index contributed by atoms with van der Waals surface area (Å²) < 4.78 is 16.7. The number of ether oxygens (including phenoxy) is 3. The number of pyridine rings is 1. The first-order chi connectivity index (χ1) is 15.1. The molecule has 0 saturated heterocycles. The van der Waals surface area contributed by atoms with Crippen LogP contribution in [0.3, 0.4) is 0 Å². The van der Waals surface area contributed by atoms with Crippen LogP contribution in [0.2, 0.25) is 0 Å². The van der Waals surface area contributed by atoms with Crippen molar-refractivity contribution in [3.63, 3.8) is 0 Å². The Balaban J connectivity index is 1.57. The summed E-state index contributed by atoms with van der Waals surface area (Å²) in [7, 11) is 7.01. The average molecular weight is 441 g/mol. The molecule has 2 heterocycles. The lowest BCUT2D eigenvalue weighted by Crippen LogP contribution is -2.39. The number of methoxy groups -OCH3 is 2. The van der Waals surface area contributed by atoms with Crippen LogP contribution in [0.4, 0.5) is 0 Å². The normalized spacial score (nSPS) is 11.2. The van der Waals surface area contributed by atoms with E-state index in [1.165, 1.54) is 4.88 Å². The van der Waals surface area contributed by atoms with Gasteiger partial charge in [0, 0.05) is 44.3 Å². The molecule has 0 amide bonds. The van der Waals surface area contributed by atoms with Crippen molar-refractivity contribution in [1.29, 1.82) is 0 Å². The highest BCUT2D eigenvalue weighted by Crippen LogP contribution is 2.39. The highest BCUT2D eigenvalue weighted by Gasteiger charge is 2.13. The zero-order valence-corrected chi connectivity index (χ0v) is 19.1. The number of aromatic nitrogens is 1. The Bertz CT molecular complexity index is 953. The Morgan fingerprint density at radius 2 is 1.87 bits per heavy atom. The van der Waals surface area contributed by atoms with Gasteiger partial charge in [-0.05, 0) is 35.6 Å². The number of nitrogens with zero attached hydrogens (tertiary/aromatic N) is 3. The summed E-state index contributed by atoms with van der Waals surface area (Å²) in [6.45, 7) is 1.51. The number of para-hydroxylation sites is 1. The highest BCUT2D eigenvalue weighted by molar-refractivity contribution is 7.09. The minimum absolute atomic E-state index is 0.462. The summed E-state index contributed by atoms with van der Waals surface area (Å²) in [5.74, 6) is 2.97. The van der Waals surface area contributed by atoms with Gasteiger partial charge in [-0.1, -0.05) is 18.2 Å². The maximum absolute atomic E-state index is 5.92. The van der Waals surface area contributed by atoms with Gasteiger partial charge in [-0.25, -0.2) is 4.98 Å². The number of nitrogens with one attached hydrogen (secondary N) is 1. The number of benzene rings is 1. The summed E-state index contributed by atoms with van der Waals surface area (Å²) in [5.41, 5.74) is 1.02. The van der Waals surface area contributed by atoms with Crippen molar-refractivity contribution in [3.05, 3.63) is 64.5 Å². The number of hydrogen-bond donors (Lipinski definition) is 1. The number of rotatable bonds is 9. The third kappa shape index (κ3) is 6.11. The van der Waals surface area contributed by atoms with Gasteiger partial charge in [-0.3, -0.25) is 4.99 Å². The van der Waals surface area contributed by atoms with E-state index in [1.54, 1.807) is 38.8 Å². The van der Waals surface area contributed by atoms with E-state index >= 15 is 0 Å².